The van der Waals surface area contributed by atoms with Crippen LogP contribution in [0.3, 0.4) is 0 Å². The molecule has 2 rings (SSSR count). The second kappa shape index (κ2) is 4.29. The first-order valence-corrected chi connectivity index (χ1v) is 6.08. The summed E-state index contributed by atoms with van der Waals surface area (Å²) in [4.78, 5) is 11.2. The Kier molecular flexibility index (Phi) is 3.12. The average molecular weight is 302 g/mol. The topological polar surface area (TPSA) is 38.3 Å². The summed E-state index contributed by atoms with van der Waals surface area (Å²) in [6.45, 7) is 4.14. The minimum absolute atomic E-state index is 0.277. The van der Waals surface area contributed by atoms with Crippen molar-refractivity contribution in [2.45, 2.75) is 19.9 Å². The van der Waals surface area contributed by atoms with E-state index in [-0.39, 0.29) is 23.9 Å². The Morgan fingerprint density at radius 2 is 2.24 bits per heavy atom. The van der Waals surface area contributed by atoms with Gasteiger partial charge < -0.3 is 10.1 Å². The van der Waals surface area contributed by atoms with Crippen LogP contribution in [0.1, 0.15) is 25.5 Å². The van der Waals surface area contributed by atoms with E-state index < -0.39 is 6.09 Å². The lowest BCUT2D eigenvalue weighted by Crippen LogP contribution is -2.47. The summed E-state index contributed by atoms with van der Waals surface area (Å²) in [5.74, 6) is -0.334. The lowest BCUT2D eigenvalue weighted by atomic mass is 9.80. The number of ether oxygens (including phenoxy) is 1. The van der Waals surface area contributed by atoms with Crippen molar-refractivity contribution in [1.29, 1.82) is 0 Å². The Bertz CT molecular complexity index is 462. The summed E-state index contributed by atoms with van der Waals surface area (Å²) in [5.41, 5.74) is 0.137. The first kappa shape index (κ1) is 12.4. The van der Waals surface area contributed by atoms with Crippen LogP contribution in [0, 0.1) is 11.2 Å². The summed E-state index contributed by atoms with van der Waals surface area (Å²) in [5, 5.41) is 2.67. The lowest BCUT2D eigenvalue weighted by Gasteiger charge is -2.38. The Balaban J connectivity index is 2.39. The zero-order valence-electron chi connectivity index (χ0n) is 9.59. The number of alkyl carbamates (subject to hydrolysis) is 1. The van der Waals surface area contributed by atoms with Gasteiger partial charge in [-0.1, -0.05) is 35.8 Å². The van der Waals surface area contributed by atoms with Gasteiger partial charge in [0.25, 0.3) is 0 Å². The molecule has 0 unspecified atom stereocenters. The largest absolute Gasteiger partial charge is 0.449 e. The average Bonchev–Trinajstić information content (AvgIpc) is 2.23. The van der Waals surface area contributed by atoms with E-state index in [4.69, 9.17) is 4.74 Å². The maximum atomic E-state index is 13.9. The van der Waals surface area contributed by atoms with E-state index in [9.17, 15) is 9.18 Å². The van der Waals surface area contributed by atoms with Gasteiger partial charge in [0.05, 0.1) is 6.04 Å². The molecule has 1 aliphatic heterocycles. The predicted octanol–water partition coefficient (Wildman–Crippen LogP) is 3.40. The summed E-state index contributed by atoms with van der Waals surface area (Å²) in [6, 6.07) is 4.46. The molecule has 0 saturated carbocycles. The summed E-state index contributed by atoms with van der Waals surface area (Å²) < 4.78 is 19.5. The van der Waals surface area contributed by atoms with Crippen molar-refractivity contribution in [2.24, 2.45) is 5.41 Å². The summed E-state index contributed by atoms with van der Waals surface area (Å²) in [6.07, 6.45) is -0.503. The molecule has 0 aliphatic carbocycles. The molecule has 1 amide bonds. The predicted molar refractivity (Wildman–Crippen MR) is 65.1 cm³/mol. The Hall–Kier alpha value is -1.10. The molecule has 0 spiro atoms. The zero-order valence-corrected chi connectivity index (χ0v) is 11.2. The number of benzene rings is 1. The molecular formula is C12H13BrFNO2. The number of cyclic esters (lactones) is 1. The molecule has 5 heteroatoms. The highest BCUT2D eigenvalue weighted by Gasteiger charge is 2.39. The Morgan fingerprint density at radius 1 is 1.53 bits per heavy atom. The second-order valence-electron chi connectivity index (χ2n) is 4.81. The number of rotatable bonds is 1. The highest BCUT2D eigenvalue weighted by molar-refractivity contribution is 9.10. The second-order valence-corrected chi connectivity index (χ2v) is 5.72. The van der Waals surface area contributed by atoms with Crippen LogP contribution in [0.4, 0.5) is 9.18 Å². The minimum atomic E-state index is -0.503. The summed E-state index contributed by atoms with van der Waals surface area (Å²) >= 11 is 3.21. The van der Waals surface area contributed by atoms with Crippen molar-refractivity contribution in [3.8, 4) is 0 Å². The molecule has 1 atom stereocenters. The van der Waals surface area contributed by atoms with Crippen LogP contribution < -0.4 is 5.32 Å². The van der Waals surface area contributed by atoms with Crippen LogP contribution >= 0.6 is 15.9 Å². The Labute approximate surface area is 107 Å². The molecule has 0 radical (unpaired) electrons. The SMILES string of the molecule is CC1(C)COC(=O)N[C@@H]1c1ccc(Br)cc1F. The molecule has 1 aromatic carbocycles. The van der Waals surface area contributed by atoms with Crippen LogP contribution in [-0.4, -0.2) is 12.7 Å². The van der Waals surface area contributed by atoms with E-state index in [1.54, 1.807) is 12.1 Å². The van der Waals surface area contributed by atoms with Gasteiger partial charge in [-0.3, -0.25) is 0 Å². The molecular weight excluding hydrogens is 289 g/mol. The third-order valence-corrected chi connectivity index (χ3v) is 3.39. The molecule has 3 nitrogen and oxygen atoms in total. The number of halogens is 2. The van der Waals surface area contributed by atoms with Crippen molar-refractivity contribution in [3.63, 3.8) is 0 Å². The maximum Gasteiger partial charge on any atom is 0.407 e. The smallest absolute Gasteiger partial charge is 0.407 e. The monoisotopic (exact) mass is 301 g/mol. The fraction of sp³-hybridized carbons (Fsp3) is 0.417. The molecule has 1 fully saturated rings. The molecule has 92 valence electrons. The van der Waals surface area contributed by atoms with Gasteiger partial charge in [0.15, 0.2) is 0 Å². The highest BCUT2D eigenvalue weighted by atomic mass is 79.9. The molecule has 1 aromatic rings. The number of carbonyl (C=O) groups is 1. The van der Waals surface area contributed by atoms with Crippen molar-refractivity contribution in [2.75, 3.05) is 6.61 Å². The van der Waals surface area contributed by atoms with Crippen molar-refractivity contribution in [3.05, 3.63) is 34.1 Å². The minimum Gasteiger partial charge on any atom is -0.449 e. The van der Waals surface area contributed by atoms with E-state index in [2.05, 4.69) is 21.2 Å². The Morgan fingerprint density at radius 3 is 2.88 bits per heavy atom. The third-order valence-electron chi connectivity index (χ3n) is 2.89. The van der Waals surface area contributed by atoms with Crippen LogP contribution in [0.25, 0.3) is 0 Å². The third kappa shape index (κ3) is 2.44. The normalized spacial score (nSPS) is 22.8. The van der Waals surface area contributed by atoms with E-state index in [1.165, 1.54) is 6.07 Å². The van der Waals surface area contributed by atoms with Crippen molar-refractivity contribution in [1.82, 2.24) is 5.32 Å². The van der Waals surface area contributed by atoms with E-state index in [0.717, 1.165) is 0 Å². The fourth-order valence-corrected chi connectivity index (χ4v) is 2.26. The van der Waals surface area contributed by atoms with Gasteiger partial charge >= 0.3 is 6.09 Å². The molecule has 0 aromatic heterocycles. The van der Waals surface area contributed by atoms with Gasteiger partial charge in [0.1, 0.15) is 12.4 Å². The number of carbonyl (C=O) groups excluding carboxylic acids is 1. The van der Waals surface area contributed by atoms with Crippen molar-refractivity contribution >= 4 is 22.0 Å². The summed E-state index contributed by atoms with van der Waals surface area (Å²) in [7, 11) is 0. The zero-order chi connectivity index (χ0) is 12.6. The molecule has 1 aliphatic rings. The lowest BCUT2D eigenvalue weighted by molar-refractivity contribution is 0.0378. The van der Waals surface area contributed by atoms with Gasteiger partial charge in [-0.15, -0.1) is 0 Å². The number of amides is 1. The molecule has 1 N–H and O–H groups in total. The van der Waals surface area contributed by atoms with Crippen LogP contribution in [-0.2, 0) is 4.74 Å². The first-order valence-electron chi connectivity index (χ1n) is 5.28. The van der Waals surface area contributed by atoms with E-state index >= 15 is 0 Å². The van der Waals surface area contributed by atoms with Gasteiger partial charge in [0, 0.05) is 15.5 Å². The van der Waals surface area contributed by atoms with Crippen molar-refractivity contribution < 1.29 is 13.9 Å². The van der Waals surface area contributed by atoms with Crippen LogP contribution in [0.15, 0.2) is 22.7 Å². The number of nitrogens with one attached hydrogen (secondary N) is 1. The van der Waals surface area contributed by atoms with Gasteiger partial charge in [-0.05, 0) is 12.1 Å². The standard InChI is InChI=1S/C12H13BrFNO2/c1-12(2)6-17-11(16)15-10(12)8-4-3-7(13)5-9(8)14/h3-5,10H,6H2,1-2H3,(H,15,16)/t10-/m1/s1. The first-order chi connectivity index (χ1) is 7.90. The maximum absolute atomic E-state index is 13.9. The molecule has 17 heavy (non-hydrogen) atoms. The van der Waals surface area contributed by atoms with Gasteiger partial charge in [-0.25, -0.2) is 9.18 Å². The van der Waals surface area contributed by atoms with Gasteiger partial charge in [0.2, 0.25) is 0 Å². The van der Waals surface area contributed by atoms with Crippen LogP contribution in [0.2, 0.25) is 0 Å². The number of hydrogen-bond donors (Lipinski definition) is 1. The number of hydrogen-bond acceptors (Lipinski definition) is 2. The molecule has 0 bridgehead atoms. The van der Waals surface area contributed by atoms with Gasteiger partial charge in [-0.2, -0.15) is 0 Å². The highest BCUT2D eigenvalue weighted by Crippen LogP contribution is 2.37. The molecule has 1 saturated heterocycles. The quantitative estimate of drug-likeness (QED) is 0.863. The van der Waals surface area contributed by atoms with E-state index in [1.807, 2.05) is 13.8 Å². The van der Waals surface area contributed by atoms with Crippen LogP contribution in [0.5, 0.6) is 0 Å². The van der Waals surface area contributed by atoms with E-state index in [0.29, 0.717) is 10.0 Å². The molecule has 1 heterocycles. The fourth-order valence-electron chi connectivity index (χ4n) is 1.92.